The highest BCUT2D eigenvalue weighted by Gasteiger charge is 2.17. The number of ether oxygens (including phenoxy) is 2. The van der Waals surface area contributed by atoms with Crippen LogP contribution in [0.2, 0.25) is 0 Å². The summed E-state index contributed by atoms with van der Waals surface area (Å²) in [5, 5.41) is 8.69. The molecule has 1 amide bonds. The van der Waals surface area contributed by atoms with Gasteiger partial charge >= 0.3 is 5.97 Å². The highest BCUT2D eigenvalue weighted by atomic mass is 19.1. The van der Waals surface area contributed by atoms with Crippen molar-refractivity contribution in [3.8, 4) is 5.75 Å². The van der Waals surface area contributed by atoms with E-state index in [9.17, 15) is 14.0 Å². The van der Waals surface area contributed by atoms with E-state index in [0.717, 1.165) is 12.1 Å². The summed E-state index contributed by atoms with van der Waals surface area (Å²) in [6.07, 6.45) is 0. The molecule has 1 aliphatic heterocycles. The van der Waals surface area contributed by atoms with Gasteiger partial charge in [0.25, 0.3) is 5.91 Å². The van der Waals surface area contributed by atoms with Crippen LogP contribution in [0.4, 0.5) is 4.39 Å². The number of carbonyl (C=O) groups excluding carboxylic acids is 1. The lowest BCUT2D eigenvalue weighted by Crippen LogP contribution is -2.42. The van der Waals surface area contributed by atoms with Crippen molar-refractivity contribution in [2.45, 2.75) is 0 Å². The van der Waals surface area contributed by atoms with E-state index in [1.807, 2.05) is 0 Å². The molecule has 20 heavy (non-hydrogen) atoms. The molecule has 1 N–H and O–H groups in total. The second-order valence-corrected chi connectivity index (χ2v) is 4.23. The maximum Gasteiger partial charge on any atom is 0.338 e. The molecule has 0 spiro atoms. The smallest absolute Gasteiger partial charge is 0.338 e. The first-order chi connectivity index (χ1) is 9.58. The molecule has 0 atom stereocenters. The number of rotatable bonds is 4. The normalized spacial score (nSPS) is 14.9. The third-order valence-electron chi connectivity index (χ3n) is 2.90. The van der Waals surface area contributed by atoms with Crippen LogP contribution in [0.25, 0.3) is 0 Å². The minimum atomic E-state index is -1.35. The number of benzene rings is 1. The summed E-state index contributed by atoms with van der Waals surface area (Å²) in [6, 6.07) is 3.38. The minimum Gasteiger partial charge on any atom is -0.484 e. The van der Waals surface area contributed by atoms with Gasteiger partial charge in [0.05, 0.1) is 18.8 Å². The van der Waals surface area contributed by atoms with Gasteiger partial charge in [-0.3, -0.25) is 4.79 Å². The summed E-state index contributed by atoms with van der Waals surface area (Å²) < 4.78 is 23.7. The molecule has 1 aliphatic rings. The van der Waals surface area contributed by atoms with E-state index in [1.165, 1.54) is 6.07 Å². The number of carbonyl (C=O) groups is 2. The van der Waals surface area contributed by atoms with Crippen molar-refractivity contribution >= 4 is 11.9 Å². The van der Waals surface area contributed by atoms with E-state index in [4.69, 9.17) is 14.6 Å². The molecule has 1 aromatic rings. The van der Waals surface area contributed by atoms with Crippen LogP contribution in [0.3, 0.4) is 0 Å². The number of nitrogens with zero attached hydrogens (tertiary/aromatic N) is 1. The van der Waals surface area contributed by atoms with Gasteiger partial charge in [-0.1, -0.05) is 0 Å². The number of hydrogen-bond donors (Lipinski definition) is 1. The number of amides is 1. The van der Waals surface area contributed by atoms with Crippen LogP contribution < -0.4 is 4.74 Å². The van der Waals surface area contributed by atoms with Gasteiger partial charge in [0.2, 0.25) is 0 Å². The predicted molar refractivity (Wildman–Crippen MR) is 66.3 cm³/mol. The molecule has 2 rings (SSSR count). The molecule has 6 nitrogen and oxygen atoms in total. The molecule has 1 fully saturated rings. The number of carboxylic acid groups (broad SMARTS) is 1. The van der Waals surface area contributed by atoms with Gasteiger partial charge in [0.1, 0.15) is 11.6 Å². The van der Waals surface area contributed by atoms with Gasteiger partial charge in [-0.25, -0.2) is 9.18 Å². The minimum absolute atomic E-state index is 0.120. The van der Waals surface area contributed by atoms with Gasteiger partial charge < -0.3 is 19.5 Å². The Bertz CT molecular complexity index is 513. The summed E-state index contributed by atoms with van der Waals surface area (Å²) in [5.41, 5.74) is -0.433. The molecule has 1 saturated heterocycles. The van der Waals surface area contributed by atoms with Gasteiger partial charge in [-0.2, -0.15) is 0 Å². The summed E-state index contributed by atoms with van der Waals surface area (Å²) in [6.45, 7) is 1.79. The highest BCUT2D eigenvalue weighted by Crippen LogP contribution is 2.16. The zero-order valence-electron chi connectivity index (χ0n) is 10.7. The van der Waals surface area contributed by atoms with Crippen LogP contribution in [-0.4, -0.2) is 54.8 Å². The molecule has 0 unspecified atom stereocenters. The average Bonchev–Trinajstić information content (AvgIpc) is 2.45. The zero-order valence-corrected chi connectivity index (χ0v) is 10.7. The quantitative estimate of drug-likeness (QED) is 0.883. The summed E-state index contributed by atoms with van der Waals surface area (Å²) in [4.78, 5) is 24.0. The monoisotopic (exact) mass is 283 g/mol. The van der Waals surface area contributed by atoms with E-state index in [-0.39, 0.29) is 18.3 Å². The summed E-state index contributed by atoms with van der Waals surface area (Å²) in [7, 11) is 0. The fourth-order valence-electron chi connectivity index (χ4n) is 1.81. The van der Waals surface area contributed by atoms with Crippen LogP contribution in [-0.2, 0) is 9.53 Å². The topological polar surface area (TPSA) is 76.1 Å². The number of aromatic carboxylic acids is 1. The molecule has 108 valence electrons. The molecular formula is C13H14FNO5. The highest BCUT2D eigenvalue weighted by molar-refractivity contribution is 5.88. The van der Waals surface area contributed by atoms with Crippen molar-refractivity contribution in [1.82, 2.24) is 4.90 Å². The van der Waals surface area contributed by atoms with Crippen LogP contribution in [0, 0.1) is 5.82 Å². The molecule has 0 aromatic heterocycles. The van der Waals surface area contributed by atoms with E-state index in [2.05, 4.69) is 0 Å². The molecule has 0 bridgehead atoms. The first kappa shape index (κ1) is 14.3. The third-order valence-corrected chi connectivity index (χ3v) is 2.90. The molecule has 0 aliphatic carbocycles. The predicted octanol–water partition coefficient (Wildman–Crippen LogP) is 0.761. The Hall–Kier alpha value is -2.15. The zero-order chi connectivity index (χ0) is 14.5. The Morgan fingerprint density at radius 1 is 1.35 bits per heavy atom. The lowest BCUT2D eigenvalue weighted by atomic mass is 10.2. The number of morpholine rings is 1. The van der Waals surface area contributed by atoms with Crippen molar-refractivity contribution in [3.63, 3.8) is 0 Å². The van der Waals surface area contributed by atoms with Crippen molar-refractivity contribution in [3.05, 3.63) is 29.6 Å². The van der Waals surface area contributed by atoms with Gasteiger partial charge in [0.15, 0.2) is 6.61 Å². The van der Waals surface area contributed by atoms with Gasteiger partial charge in [-0.05, 0) is 12.1 Å². The maximum atomic E-state index is 13.4. The number of carboxylic acids is 1. The molecule has 1 heterocycles. The van der Waals surface area contributed by atoms with Crippen LogP contribution in [0.5, 0.6) is 5.75 Å². The second-order valence-electron chi connectivity index (χ2n) is 4.23. The largest absolute Gasteiger partial charge is 0.484 e. The lowest BCUT2D eigenvalue weighted by molar-refractivity contribution is -0.137. The van der Waals surface area contributed by atoms with E-state index in [1.54, 1.807) is 4.90 Å². The van der Waals surface area contributed by atoms with Crippen molar-refractivity contribution in [2.24, 2.45) is 0 Å². The van der Waals surface area contributed by atoms with E-state index < -0.39 is 17.3 Å². The Labute approximate surface area is 114 Å². The van der Waals surface area contributed by atoms with E-state index in [0.29, 0.717) is 26.3 Å². The average molecular weight is 283 g/mol. The second kappa shape index (κ2) is 6.33. The maximum absolute atomic E-state index is 13.4. The van der Waals surface area contributed by atoms with Crippen molar-refractivity contribution < 1.29 is 28.6 Å². The SMILES string of the molecule is O=C(O)c1ccc(OCC(=O)N2CCOCC2)cc1F. The van der Waals surface area contributed by atoms with Crippen LogP contribution in [0.15, 0.2) is 18.2 Å². The third kappa shape index (κ3) is 3.45. The molecule has 0 radical (unpaired) electrons. The van der Waals surface area contributed by atoms with E-state index >= 15 is 0 Å². The summed E-state index contributed by atoms with van der Waals surface area (Å²) >= 11 is 0. The Morgan fingerprint density at radius 3 is 2.65 bits per heavy atom. The van der Waals surface area contributed by atoms with Crippen LogP contribution >= 0.6 is 0 Å². The van der Waals surface area contributed by atoms with Crippen LogP contribution in [0.1, 0.15) is 10.4 Å². The fourth-order valence-corrected chi connectivity index (χ4v) is 1.81. The molecule has 7 heteroatoms. The van der Waals surface area contributed by atoms with Gasteiger partial charge in [-0.15, -0.1) is 0 Å². The lowest BCUT2D eigenvalue weighted by Gasteiger charge is -2.26. The number of hydrogen-bond acceptors (Lipinski definition) is 4. The standard InChI is InChI=1S/C13H14FNO5/c14-11-7-9(1-2-10(11)13(17)18)20-8-12(16)15-3-5-19-6-4-15/h1-2,7H,3-6,8H2,(H,17,18). The Morgan fingerprint density at radius 2 is 2.05 bits per heavy atom. The fraction of sp³-hybridized carbons (Fsp3) is 0.385. The molecular weight excluding hydrogens is 269 g/mol. The van der Waals surface area contributed by atoms with Crippen molar-refractivity contribution in [1.29, 1.82) is 0 Å². The Kier molecular flexibility index (Phi) is 4.52. The Balaban J connectivity index is 1.92. The first-order valence-electron chi connectivity index (χ1n) is 6.09. The number of halogens is 1. The molecule has 0 saturated carbocycles. The molecule has 1 aromatic carbocycles. The van der Waals surface area contributed by atoms with Crippen molar-refractivity contribution in [2.75, 3.05) is 32.9 Å². The summed E-state index contributed by atoms with van der Waals surface area (Å²) in [5.74, 6) is -2.34. The van der Waals surface area contributed by atoms with Gasteiger partial charge in [0, 0.05) is 19.2 Å². The first-order valence-corrected chi connectivity index (χ1v) is 6.09.